The molecule has 1 aromatic rings. The van der Waals surface area contributed by atoms with Gasteiger partial charge in [0.05, 0.1) is 20.3 Å². The van der Waals surface area contributed by atoms with Crippen molar-refractivity contribution in [3.63, 3.8) is 0 Å². The van der Waals surface area contributed by atoms with Gasteiger partial charge in [-0.05, 0) is 24.8 Å². The van der Waals surface area contributed by atoms with E-state index in [-0.39, 0.29) is 12.6 Å². The minimum Gasteiger partial charge on any atom is -0.496 e. The lowest BCUT2D eigenvalue weighted by molar-refractivity contribution is 0.173. The third-order valence-electron chi connectivity index (χ3n) is 3.45. The number of nitrogens with zero attached hydrogens (tertiary/aromatic N) is 1. The molecule has 2 amide bonds. The lowest BCUT2D eigenvalue weighted by atomic mass is 10.2. The molecule has 1 aromatic carbocycles. The van der Waals surface area contributed by atoms with Gasteiger partial charge in [0.25, 0.3) is 0 Å². The number of ether oxygens (including phenoxy) is 1. The molecule has 0 atom stereocenters. The van der Waals surface area contributed by atoms with E-state index in [0.717, 1.165) is 17.9 Å². The number of carbonyl (C=O) groups excluding carboxylic acids is 1. The summed E-state index contributed by atoms with van der Waals surface area (Å²) < 4.78 is 5.29. The van der Waals surface area contributed by atoms with Crippen LogP contribution >= 0.6 is 0 Å². The van der Waals surface area contributed by atoms with Crippen LogP contribution in [0, 0.1) is 5.92 Å². The van der Waals surface area contributed by atoms with Gasteiger partial charge in [-0.3, -0.25) is 0 Å². The van der Waals surface area contributed by atoms with Crippen LogP contribution in [0.4, 0.5) is 4.79 Å². The summed E-state index contributed by atoms with van der Waals surface area (Å²) in [7, 11) is 1.61. The van der Waals surface area contributed by atoms with Gasteiger partial charge in [-0.2, -0.15) is 0 Å². The predicted molar refractivity (Wildman–Crippen MR) is 76.6 cm³/mol. The number of amides is 2. The fourth-order valence-electron chi connectivity index (χ4n) is 2.08. The van der Waals surface area contributed by atoms with Gasteiger partial charge >= 0.3 is 6.03 Å². The Balaban J connectivity index is 1.97. The molecule has 1 aliphatic rings. The predicted octanol–water partition coefficient (Wildman–Crippen LogP) is 1.61. The molecule has 0 radical (unpaired) electrons. The lowest BCUT2D eigenvalue weighted by Crippen LogP contribution is -2.41. The van der Waals surface area contributed by atoms with Crippen molar-refractivity contribution in [2.75, 3.05) is 26.8 Å². The SMILES string of the molecule is COc1ccccc1CN(CCO)C(=O)NCC1CC1. The van der Waals surface area contributed by atoms with Crippen LogP contribution in [0.5, 0.6) is 5.75 Å². The highest BCUT2D eigenvalue weighted by Crippen LogP contribution is 2.27. The Hall–Kier alpha value is -1.75. The second kappa shape index (κ2) is 7.14. The highest BCUT2D eigenvalue weighted by molar-refractivity contribution is 5.74. The first-order valence-electron chi connectivity index (χ1n) is 7.00. The number of nitrogens with one attached hydrogen (secondary N) is 1. The highest BCUT2D eigenvalue weighted by atomic mass is 16.5. The molecule has 0 aliphatic heterocycles. The summed E-state index contributed by atoms with van der Waals surface area (Å²) in [6.45, 7) is 1.42. The zero-order valence-corrected chi connectivity index (χ0v) is 11.8. The van der Waals surface area contributed by atoms with Gasteiger partial charge in [0.2, 0.25) is 0 Å². The molecule has 0 heterocycles. The normalized spacial score (nSPS) is 13.9. The van der Waals surface area contributed by atoms with E-state index in [2.05, 4.69) is 5.32 Å². The standard InChI is InChI=1S/C15H22N2O3/c1-20-14-5-3-2-4-13(14)11-17(8-9-18)15(19)16-10-12-6-7-12/h2-5,12,18H,6-11H2,1H3,(H,16,19). The van der Waals surface area contributed by atoms with Crippen molar-refractivity contribution in [3.05, 3.63) is 29.8 Å². The van der Waals surface area contributed by atoms with Gasteiger partial charge in [0.15, 0.2) is 0 Å². The van der Waals surface area contributed by atoms with Crippen molar-refractivity contribution in [2.45, 2.75) is 19.4 Å². The van der Waals surface area contributed by atoms with Crippen LogP contribution in [0.25, 0.3) is 0 Å². The van der Waals surface area contributed by atoms with Gasteiger partial charge in [0, 0.05) is 18.7 Å². The van der Waals surface area contributed by atoms with Crippen LogP contribution in [-0.4, -0.2) is 42.8 Å². The fourth-order valence-corrected chi connectivity index (χ4v) is 2.08. The average Bonchev–Trinajstić information content (AvgIpc) is 3.29. The number of rotatable bonds is 7. The molecule has 0 spiro atoms. The minimum atomic E-state index is -0.128. The summed E-state index contributed by atoms with van der Waals surface area (Å²) in [6, 6.07) is 7.48. The zero-order chi connectivity index (χ0) is 14.4. The first-order valence-corrected chi connectivity index (χ1v) is 7.00. The van der Waals surface area contributed by atoms with E-state index in [0.29, 0.717) is 19.0 Å². The molecule has 2 N–H and O–H groups in total. The van der Waals surface area contributed by atoms with E-state index in [1.54, 1.807) is 12.0 Å². The fraction of sp³-hybridized carbons (Fsp3) is 0.533. The van der Waals surface area contributed by atoms with Gasteiger partial charge in [-0.1, -0.05) is 18.2 Å². The van der Waals surface area contributed by atoms with Crippen molar-refractivity contribution in [3.8, 4) is 5.75 Å². The van der Waals surface area contributed by atoms with Gasteiger partial charge in [-0.15, -0.1) is 0 Å². The molecule has 110 valence electrons. The summed E-state index contributed by atoms with van der Waals surface area (Å²) in [5.41, 5.74) is 0.935. The number of methoxy groups -OCH3 is 1. The summed E-state index contributed by atoms with van der Waals surface area (Å²) in [6.07, 6.45) is 2.40. The molecule has 5 nitrogen and oxygen atoms in total. The largest absolute Gasteiger partial charge is 0.496 e. The summed E-state index contributed by atoms with van der Waals surface area (Å²) in [5, 5.41) is 12.0. The quantitative estimate of drug-likeness (QED) is 0.796. The molecular weight excluding hydrogens is 256 g/mol. The van der Waals surface area contributed by atoms with Crippen molar-refractivity contribution in [2.24, 2.45) is 5.92 Å². The Morgan fingerprint density at radius 3 is 2.85 bits per heavy atom. The maximum absolute atomic E-state index is 12.1. The summed E-state index contributed by atoms with van der Waals surface area (Å²) in [5.74, 6) is 1.40. The second-order valence-electron chi connectivity index (χ2n) is 5.09. The lowest BCUT2D eigenvalue weighted by Gasteiger charge is -2.23. The Morgan fingerprint density at radius 1 is 1.45 bits per heavy atom. The highest BCUT2D eigenvalue weighted by Gasteiger charge is 2.23. The molecule has 20 heavy (non-hydrogen) atoms. The number of aliphatic hydroxyl groups excluding tert-OH is 1. The van der Waals surface area contributed by atoms with Crippen molar-refractivity contribution >= 4 is 6.03 Å². The third-order valence-corrected chi connectivity index (χ3v) is 3.45. The van der Waals surface area contributed by atoms with E-state index in [1.807, 2.05) is 24.3 Å². The molecule has 0 aromatic heterocycles. The van der Waals surface area contributed by atoms with Crippen LogP contribution in [-0.2, 0) is 6.54 Å². The monoisotopic (exact) mass is 278 g/mol. The molecule has 1 saturated carbocycles. The number of benzene rings is 1. The van der Waals surface area contributed by atoms with Crippen LogP contribution in [0.3, 0.4) is 0 Å². The summed E-state index contributed by atoms with van der Waals surface area (Å²) >= 11 is 0. The first kappa shape index (κ1) is 14.7. The first-order chi connectivity index (χ1) is 9.74. The van der Waals surface area contributed by atoms with Crippen molar-refractivity contribution in [1.82, 2.24) is 10.2 Å². The van der Waals surface area contributed by atoms with Gasteiger partial charge in [0.1, 0.15) is 5.75 Å². The molecule has 0 saturated heterocycles. The topological polar surface area (TPSA) is 61.8 Å². The minimum absolute atomic E-state index is 0.0496. The van der Waals surface area contributed by atoms with E-state index in [9.17, 15) is 4.79 Å². The van der Waals surface area contributed by atoms with E-state index < -0.39 is 0 Å². The van der Waals surface area contributed by atoms with Crippen LogP contribution in [0.15, 0.2) is 24.3 Å². The number of hydrogen-bond donors (Lipinski definition) is 2. The Bertz CT molecular complexity index is 446. The zero-order valence-electron chi connectivity index (χ0n) is 11.8. The van der Waals surface area contributed by atoms with Crippen molar-refractivity contribution in [1.29, 1.82) is 0 Å². The number of carbonyl (C=O) groups is 1. The number of para-hydroxylation sites is 1. The Labute approximate surface area is 119 Å². The smallest absolute Gasteiger partial charge is 0.317 e. The molecule has 5 heteroatoms. The average molecular weight is 278 g/mol. The maximum Gasteiger partial charge on any atom is 0.317 e. The molecule has 1 aliphatic carbocycles. The van der Waals surface area contributed by atoms with E-state index >= 15 is 0 Å². The Morgan fingerprint density at radius 2 is 2.20 bits per heavy atom. The van der Waals surface area contributed by atoms with Crippen LogP contribution in [0.1, 0.15) is 18.4 Å². The molecule has 0 bridgehead atoms. The van der Waals surface area contributed by atoms with Gasteiger partial charge < -0.3 is 20.1 Å². The Kier molecular flexibility index (Phi) is 5.24. The van der Waals surface area contributed by atoms with Crippen LogP contribution in [0.2, 0.25) is 0 Å². The molecule has 1 fully saturated rings. The number of hydrogen-bond acceptors (Lipinski definition) is 3. The third kappa shape index (κ3) is 4.13. The summed E-state index contributed by atoms with van der Waals surface area (Å²) in [4.78, 5) is 13.7. The van der Waals surface area contributed by atoms with Gasteiger partial charge in [-0.25, -0.2) is 4.79 Å². The second-order valence-corrected chi connectivity index (χ2v) is 5.09. The molecular formula is C15H22N2O3. The molecule has 2 rings (SSSR count). The van der Waals surface area contributed by atoms with Crippen molar-refractivity contribution < 1.29 is 14.6 Å². The maximum atomic E-state index is 12.1. The molecule has 0 unspecified atom stereocenters. The van der Waals surface area contributed by atoms with Crippen LogP contribution < -0.4 is 10.1 Å². The van der Waals surface area contributed by atoms with E-state index in [4.69, 9.17) is 9.84 Å². The number of aliphatic hydroxyl groups is 1. The number of urea groups is 1. The van der Waals surface area contributed by atoms with E-state index in [1.165, 1.54) is 12.8 Å².